The molecule has 0 aliphatic heterocycles. The van der Waals surface area contributed by atoms with Crippen molar-refractivity contribution in [2.75, 3.05) is 0 Å². The van der Waals surface area contributed by atoms with E-state index in [2.05, 4.69) is 37.1 Å². The average Bonchev–Trinajstić information content (AvgIpc) is 2.51. The minimum absolute atomic E-state index is 0.106. The molecule has 0 spiro atoms. The molecule has 1 heterocycles. The number of nitrogens with zero attached hydrogens (tertiary/aromatic N) is 2. The minimum Gasteiger partial charge on any atom is -0.393 e. The fourth-order valence-electron chi connectivity index (χ4n) is 1.67. The number of aliphatic hydroxyl groups excluding tert-OH is 1. The standard InChI is InChI=1S/C11H20N2OS/c1-6(2)9(8(5)14)11-12-10(7(3)4)13-15-11/h6-9,14H,1-5H3. The van der Waals surface area contributed by atoms with Gasteiger partial charge >= 0.3 is 0 Å². The van der Waals surface area contributed by atoms with Crippen molar-refractivity contribution in [3.8, 4) is 0 Å². The van der Waals surface area contributed by atoms with Gasteiger partial charge in [0.1, 0.15) is 10.8 Å². The highest BCUT2D eigenvalue weighted by Crippen LogP contribution is 2.30. The third-order valence-electron chi connectivity index (χ3n) is 2.50. The molecule has 1 rings (SSSR count). The fraction of sp³-hybridized carbons (Fsp3) is 0.818. The van der Waals surface area contributed by atoms with Gasteiger partial charge in [-0.25, -0.2) is 4.98 Å². The van der Waals surface area contributed by atoms with Crippen molar-refractivity contribution in [2.45, 2.75) is 52.6 Å². The van der Waals surface area contributed by atoms with Crippen LogP contribution in [-0.2, 0) is 0 Å². The molecule has 3 nitrogen and oxygen atoms in total. The van der Waals surface area contributed by atoms with E-state index in [0.29, 0.717) is 11.8 Å². The molecule has 1 N–H and O–H groups in total. The topological polar surface area (TPSA) is 46.0 Å². The molecule has 0 aliphatic carbocycles. The van der Waals surface area contributed by atoms with Crippen LogP contribution in [0.3, 0.4) is 0 Å². The maximum absolute atomic E-state index is 9.72. The van der Waals surface area contributed by atoms with Gasteiger partial charge in [-0.3, -0.25) is 0 Å². The summed E-state index contributed by atoms with van der Waals surface area (Å²) in [6, 6.07) is 0. The van der Waals surface area contributed by atoms with Crippen LogP contribution in [0.1, 0.15) is 57.3 Å². The van der Waals surface area contributed by atoms with Crippen molar-refractivity contribution in [1.29, 1.82) is 0 Å². The molecule has 86 valence electrons. The maximum Gasteiger partial charge on any atom is 0.145 e. The molecule has 0 saturated heterocycles. The first-order valence-corrected chi connectivity index (χ1v) is 6.22. The van der Waals surface area contributed by atoms with Gasteiger partial charge in [-0.2, -0.15) is 4.37 Å². The molecule has 1 aromatic rings. The smallest absolute Gasteiger partial charge is 0.145 e. The zero-order chi connectivity index (χ0) is 11.6. The summed E-state index contributed by atoms with van der Waals surface area (Å²) in [5, 5.41) is 10.7. The molecule has 2 unspecified atom stereocenters. The second-order valence-corrected chi connectivity index (χ2v) is 5.44. The van der Waals surface area contributed by atoms with Crippen molar-refractivity contribution in [3.05, 3.63) is 10.8 Å². The van der Waals surface area contributed by atoms with Crippen LogP contribution < -0.4 is 0 Å². The van der Waals surface area contributed by atoms with E-state index in [1.54, 1.807) is 0 Å². The van der Waals surface area contributed by atoms with E-state index < -0.39 is 0 Å². The van der Waals surface area contributed by atoms with Crippen LogP contribution in [0.2, 0.25) is 0 Å². The van der Waals surface area contributed by atoms with E-state index in [4.69, 9.17) is 0 Å². The number of hydrogen-bond donors (Lipinski definition) is 1. The first-order chi connectivity index (χ1) is 6.93. The summed E-state index contributed by atoms with van der Waals surface area (Å²) in [6.45, 7) is 10.2. The summed E-state index contributed by atoms with van der Waals surface area (Å²) in [4.78, 5) is 4.50. The summed E-state index contributed by atoms with van der Waals surface area (Å²) in [6.07, 6.45) is -0.363. The van der Waals surface area contributed by atoms with Crippen LogP contribution in [0.15, 0.2) is 0 Å². The Bertz CT molecular complexity index is 299. The SMILES string of the molecule is CC(C)c1nsc(C(C(C)C)C(C)O)n1. The van der Waals surface area contributed by atoms with E-state index in [1.165, 1.54) is 11.5 Å². The maximum atomic E-state index is 9.72. The summed E-state index contributed by atoms with van der Waals surface area (Å²) in [7, 11) is 0. The van der Waals surface area contributed by atoms with E-state index >= 15 is 0 Å². The number of rotatable bonds is 4. The van der Waals surface area contributed by atoms with Crippen molar-refractivity contribution in [3.63, 3.8) is 0 Å². The number of hydrogen-bond acceptors (Lipinski definition) is 4. The predicted octanol–water partition coefficient (Wildman–Crippen LogP) is 2.78. The molecule has 0 amide bonds. The monoisotopic (exact) mass is 228 g/mol. The van der Waals surface area contributed by atoms with Crippen LogP contribution in [0.4, 0.5) is 0 Å². The van der Waals surface area contributed by atoms with Crippen LogP contribution in [0, 0.1) is 5.92 Å². The lowest BCUT2D eigenvalue weighted by Crippen LogP contribution is -2.20. The van der Waals surface area contributed by atoms with E-state index in [0.717, 1.165) is 10.8 Å². The number of aromatic nitrogens is 2. The fourth-order valence-corrected chi connectivity index (χ4v) is 2.83. The van der Waals surface area contributed by atoms with Gasteiger partial charge in [0, 0.05) is 11.8 Å². The lowest BCUT2D eigenvalue weighted by molar-refractivity contribution is 0.140. The number of aliphatic hydroxyl groups is 1. The van der Waals surface area contributed by atoms with E-state index in [1.807, 2.05) is 6.92 Å². The Labute approximate surface area is 95.7 Å². The van der Waals surface area contributed by atoms with E-state index in [9.17, 15) is 5.11 Å². The average molecular weight is 228 g/mol. The van der Waals surface area contributed by atoms with Gasteiger partial charge in [-0.05, 0) is 24.4 Å². The summed E-state index contributed by atoms with van der Waals surface area (Å²) >= 11 is 1.42. The molecule has 0 aromatic carbocycles. The van der Waals surface area contributed by atoms with Gasteiger partial charge in [0.05, 0.1) is 6.10 Å². The summed E-state index contributed by atoms with van der Waals surface area (Å²) in [5.41, 5.74) is 0. The second-order valence-electron chi connectivity index (χ2n) is 4.66. The zero-order valence-electron chi connectivity index (χ0n) is 10.1. The third kappa shape index (κ3) is 2.98. The molecule has 0 saturated carbocycles. The van der Waals surface area contributed by atoms with Crippen molar-refractivity contribution >= 4 is 11.5 Å². The Morgan fingerprint density at radius 1 is 1.13 bits per heavy atom. The van der Waals surface area contributed by atoms with Crippen molar-refractivity contribution in [1.82, 2.24) is 9.36 Å². The molecule has 4 heteroatoms. The third-order valence-corrected chi connectivity index (χ3v) is 3.33. The summed E-state index contributed by atoms with van der Waals surface area (Å²) < 4.78 is 4.32. The van der Waals surface area contributed by atoms with Gasteiger partial charge in [0.15, 0.2) is 0 Å². The largest absolute Gasteiger partial charge is 0.393 e. The molecule has 0 radical (unpaired) electrons. The predicted molar refractivity (Wildman–Crippen MR) is 63.3 cm³/mol. The minimum atomic E-state index is -0.363. The van der Waals surface area contributed by atoms with Crippen LogP contribution in [0.5, 0.6) is 0 Å². The van der Waals surface area contributed by atoms with Crippen LogP contribution >= 0.6 is 11.5 Å². The Morgan fingerprint density at radius 3 is 2.07 bits per heavy atom. The Morgan fingerprint density at radius 2 is 1.73 bits per heavy atom. The zero-order valence-corrected chi connectivity index (χ0v) is 10.9. The second kappa shape index (κ2) is 5.03. The van der Waals surface area contributed by atoms with Gasteiger partial charge < -0.3 is 5.11 Å². The quantitative estimate of drug-likeness (QED) is 0.862. The first-order valence-electron chi connectivity index (χ1n) is 5.45. The van der Waals surface area contributed by atoms with Crippen LogP contribution in [0.25, 0.3) is 0 Å². The summed E-state index contributed by atoms with van der Waals surface area (Å²) in [5.74, 6) is 1.74. The lowest BCUT2D eigenvalue weighted by atomic mass is 9.92. The Kier molecular flexibility index (Phi) is 4.22. The first kappa shape index (κ1) is 12.6. The molecular formula is C11H20N2OS. The Balaban J connectivity index is 2.92. The normalized spacial score (nSPS) is 16.0. The lowest BCUT2D eigenvalue weighted by Gasteiger charge is -2.20. The molecule has 1 aromatic heterocycles. The van der Waals surface area contributed by atoms with Crippen LogP contribution in [-0.4, -0.2) is 20.6 Å². The van der Waals surface area contributed by atoms with Gasteiger partial charge in [-0.1, -0.05) is 27.7 Å². The molecule has 2 atom stereocenters. The highest BCUT2D eigenvalue weighted by molar-refractivity contribution is 7.05. The highest BCUT2D eigenvalue weighted by atomic mass is 32.1. The van der Waals surface area contributed by atoms with Gasteiger partial charge in [-0.15, -0.1) is 0 Å². The molecule has 0 fully saturated rings. The van der Waals surface area contributed by atoms with Crippen molar-refractivity contribution in [2.24, 2.45) is 5.92 Å². The van der Waals surface area contributed by atoms with E-state index in [-0.39, 0.29) is 12.0 Å². The molecule has 0 bridgehead atoms. The van der Waals surface area contributed by atoms with Crippen molar-refractivity contribution < 1.29 is 5.11 Å². The highest BCUT2D eigenvalue weighted by Gasteiger charge is 2.25. The molecule has 15 heavy (non-hydrogen) atoms. The molecule has 0 aliphatic rings. The van der Waals surface area contributed by atoms with Gasteiger partial charge in [0.25, 0.3) is 0 Å². The molecular weight excluding hydrogens is 208 g/mol. The Hall–Kier alpha value is -0.480. The van der Waals surface area contributed by atoms with Gasteiger partial charge in [0.2, 0.25) is 0 Å².